The van der Waals surface area contributed by atoms with E-state index >= 15 is 0 Å². The predicted molar refractivity (Wildman–Crippen MR) is 142 cm³/mol. The van der Waals surface area contributed by atoms with Crippen LogP contribution in [0.4, 0.5) is 13.2 Å². The van der Waals surface area contributed by atoms with Gasteiger partial charge in [-0.25, -0.2) is 0 Å². The molecule has 3 N–H and O–H groups in total. The molecule has 6 rings (SSSR count). The summed E-state index contributed by atoms with van der Waals surface area (Å²) in [6, 6.07) is 15.4. The van der Waals surface area contributed by atoms with Crippen LogP contribution in [0.2, 0.25) is 5.82 Å². The molecule has 2 bridgehead atoms. The molecule has 3 saturated carbocycles. The van der Waals surface area contributed by atoms with E-state index in [4.69, 9.17) is 9.31 Å². The van der Waals surface area contributed by atoms with Crippen molar-refractivity contribution in [1.82, 2.24) is 0 Å². The third kappa shape index (κ3) is 6.38. The Morgan fingerprint density at radius 2 is 1.70 bits per heavy atom. The zero-order valence-electron chi connectivity index (χ0n) is 23.3. The minimum atomic E-state index is -4.74. The first-order chi connectivity index (χ1) is 18.3. The predicted octanol–water partition coefficient (Wildman–Crippen LogP) is 2.43. The number of alkyl halides is 3. The van der Waals surface area contributed by atoms with Gasteiger partial charge in [0, 0.05) is 12.8 Å². The van der Waals surface area contributed by atoms with Gasteiger partial charge in [0.15, 0.2) is 5.78 Å². The Balaban J connectivity index is 0.00000370. The molecule has 4 fully saturated rings. The minimum absolute atomic E-state index is 0. The number of quaternary nitrogens is 1. The van der Waals surface area contributed by atoms with Crippen molar-refractivity contribution in [3.05, 3.63) is 65.7 Å². The van der Waals surface area contributed by atoms with E-state index in [2.05, 4.69) is 31.2 Å². The SMILES string of the molecule is CC1(C)C2CC3OB([C@@H](CCC(=O)[C@@H]([NH3+])Cc4ccccc4)Cc4ccc(OC(F)(F)F)cc4)O[C@]3(C)C1C2.[Cl-]. The van der Waals surface area contributed by atoms with Crippen LogP contribution in [0.1, 0.15) is 57.6 Å². The fourth-order valence-electron chi connectivity index (χ4n) is 7.11. The van der Waals surface area contributed by atoms with Crippen LogP contribution in [-0.2, 0) is 26.9 Å². The number of carbonyl (C=O) groups is 1. The maximum atomic E-state index is 13.1. The van der Waals surface area contributed by atoms with E-state index in [1.807, 2.05) is 30.3 Å². The Bertz CT molecular complexity index is 1170. The topological polar surface area (TPSA) is 72.4 Å². The number of benzene rings is 2. The molecule has 2 aromatic rings. The number of hydrogen-bond donors (Lipinski definition) is 1. The fraction of sp³-hybridized carbons (Fsp3) is 0.567. The second-order valence-corrected chi connectivity index (χ2v) is 12.4. The van der Waals surface area contributed by atoms with E-state index in [1.54, 1.807) is 12.1 Å². The van der Waals surface area contributed by atoms with Gasteiger partial charge < -0.3 is 32.2 Å². The number of carbonyl (C=O) groups excluding carboxylic acids is 1. The fourth-order valence-corrected chi connectivity index (χ4v) is 7.11. The van der Waals surface area contributed by atoms with E-state index in [-0.39, 0.29) is 52.9 Å². The Morgan fingerprint density at radius 1 is 1.05 bits per heavy atom. The first-order valence-corrected chi connectivity index (χ1v) is 13.9. The Hall–Kier alpha value is -2.07. The quantitative estimate of drug-likeness (QED) is 0.439. The molecule has 218 valence electrons. The normalized spacial score (nSPS) is 28.1. The van der Waals surface area contributed by atoms with Crippen LogP contribution in [0.5, 0.6) is 5.75 Å². The average molecular weight is 580 g/mol. The second kappa shape index (κ2) is 11.7. The molecule has 1 saturated heterocycles. The van der Waals surface area contributed by atoms with Gasteiger partial charge in [-0.2, -0.15) is 0 Å². The first-order valence-electron chi connectivity index (χ1n) is 13.9. The van der Waals surface area contributed by atoms with E-state index in [9.17, 15) is 18.0 Å². The first kappa shape index (κ1) is 30.9. The Labute approximate surface area is 240 Å². The molecule has 0 radical (unpaired) electrons. The summed E-state index contributed by atoms with van der Waals surface area (Å²) >= 11 is 0. The van der Waals surface area contributed by atoms with Crippen molar-refractivity contribution in [2.75, 3.05) is 0 Å². The van der Waals surface area contributed by atoms with Crippen molar-refractivity contribution in [2.45, 2.75) is 89.2 Å². The van der Waals surface area contributed by atoms with Crippen LogP contribution in [0, 0.1) is 17.3 Å². The summed E-state index contributed by atoms with van der Waals surface area (Å²) < 4.78 is 55.2. The van der Waals surface area contributed by atoms with Crippen molar-refractivity contribution in [1.29, 1.82) is 0 Å². The minimum Gasteiger partial charge on any atom is -1.00 e. The summed E-state index contributed by atoms with van der Waals surface area (Å²) in [7, 11) is -0.480. The lowest BCUT2D eigenvalue weighted by atomic mass is 9.43. The highest BCUT2D eigenvalue weighted by Gasteiger charge is 2.68. The Kier molecular flexibility index (Phi) is 9.01. The molecule has 0 amide bonds. The standard InChI is InChI=1S/C30H37BF3NO4.ClH/c1-28(2)21-17-26(28)29(3)27(18-21)38-31(39-29)22(15-20-9-12-23(13-10-20)37-30(32,33)34)11-14-25(36)24(35)16-19-7-5-4-6-8-19;/h4-10,12-13,21-22,24,26-27H,11,14-18,35H2,1-3H3;1H/t21?,22-,24-,26?,27?,29+;/m0./s1. The monoisotopic (exact) mass is 579 g/mol. The van der Waals surface area contributed by atoms with Crippen molar-refractivity contribution < 1.29 is 50.2 Å². The number of halogens is 4. The molecular formula is C30H38BClF3NO4. The molecule has 6 atom stereocenters. The summed E-state index contributed by atoms with van der Waals surface area (Å²) in [6.45, 7) is 6.79. The molecule has 1 heterocycles. The Morgan fingerprint density at radius 3 is 2.33 bits per heavy atom. The molecular weight excluding hydrogens is 542 g/mol. The van der Waals surface area contributed by atoms with Gasteiger partial charge in [0.25, 0.3) is 0 Å². The van der Waals surface area contributed by atoms with Gasteiger partial charge in [-0.05, 0) is 78.9 Å². The van der Waals surface area contributed by atoms with Crippen molar-refractivity contribution in [3.63, 3.8) is 0 Å². The maximum absolute atomic E-state index is 13.1. The van der Waals surface area contributed by atoms with E-state index in [0.29, 0.717) is 37.5 Å². The van der Waals surface area contributed by atoms with Crippen molar-refractivity contribution in [3.8, 4) is 5.75 Å². The highest BCUT2D eigenvalue weighted by atomic mass is 35.5. The van der Waals surface area contributed by atoms with Gasteiger partial charge in [-0.3, -0.25) is 4.79 Å². The summed E-state index contributed by atoms with van der Waals surface area (Å²) in [5, 5.41) is 0. The maximum Gasteiger partial charge on any atom is 0.573 e. The summed E-state index contributed by atoms with van der Waals surface area (Å²) in [5.74, 6) is 0.731. The molecule has 4 aliphatic rings. The number of ether oxygens (including phenoxy) is 1. The van der Waals surface area contributed by atoms with Gasteiger partial charge >= 0.3 is 13.5 Å². The molecule has 0 aromatic heterocycles. The lowest BCUT2D eigenvalue weighted by Gasteiger charge is -2.64. The molecule has 1 aliphatic heterocycles. The van der Waals surface area contributed by atoms with Crippen molar-refractivity contribution in [2.24, 2.45) is 17.3 Å². The largest absolute Gasteiger partial charge is 1.00 e. The third-order valence-corrected chi connectivity index (χ3v) is 9.55. The zero-order valence-corrected chi connectivity index (χ0v) is 24.0. The third-order valence-electron chi connectivity index (χ3n) is 9.55. The average Bonchev–Trinajstić information content (AvgIpc) is 3.24. The smallest absolute Gasteiger partial charge is 0.573 e. The highest BCUT2D eigenvalue weighted by molar-refractivity contribution is 6.47. The van der Waals surface area contributed by atoms with Crippen LogP contribution in [0.3, 0.4) is 0 Å². The molecule has 0 spiro atoms. The van der Waals surface area contributed by atoms with Crippen LogP contribution in [0.25, 0.3) is 0 Å². The molecule has 10 heteroatoms. The summed E-state index contributed by atoms with van der Waals surface area (Å²) in [5.41, 5.74) is 5.86. The van der Waals surface area contributed by atoms with Gasteiger partial charge in [0.05, 0.1) is 11.7 Å². The summed E-state index contributed by atoms with van der Waals surface area (Å²) in [6.07, 6.45) is -0.634. The van der Waals surface area contributed by atoms with Gasteiger partial charge in [-0.15, -0.1) is 13.2 Å². The number of hydrogen-bond acceptors (Lipinski definition) is 4. The van der Waals surface area contributed by atoms with Crippen LogP contribution in [0.15, 0.2) is 54.6 Å². The lowest BCUT2D eigenvalue weighted by molar-refractivity contribution is -0.402. The zero-order chi connectivity index (χ0) is 28.0. The van der Waals surface area contributed by atoms with Gasteiger partial charge in [0.1, 0.15) is 11.8 Å². The molecule has 3 aliphatic carbocycles. The molecule has 2 aromatic carbocycles. The molecule has 3 unspecified atom stereocenters. The van der Waals surface area contributed by atoms with Crippen molar-refractivity contribution >= 4 is 12.9 Å². The van der Waals surface area contributed by atoms with E-state index < -0.39 is 13.5 Å². The summed E-state index contributed by atoms with van der Waals surface area (Å²) in [4.78, 5) is 13.1. The second-order valence-electron chi connectivity index (χ2n) is 12.4. The number of rotatable bonds is 10. The van der Waals surface area contributed by atoms with Crippen LogP contribution in [-0.4, -0.2) is 37.0 Å². The molecule has 5 nitrogen and oxygen atoms in total. The number of ketones is 1. The van der Waals surface area contributed by atoms with E-state index in [1.165, 1.54) is 12.1 Å². The number of Topliss-reactive ketones (excluding diaryl/α,β-unsaturated/α-hetero) is 1. The van der Waals surface area contributed by atoms with Gasteiger partial charge in [0.2, 0.25) is 0 Å². The van der Waals surface area contributed by atoms with Gasteiger partial charge in [-0.1, -0.05) is 56.3 Å². The van der Waals surface area contributed by atoms with Crippen LogP contribution < -0.4 is 22.9 Å². The highest BCUT2D eigenvalue weighted by Crippen LogP contribution is 2.66. The van der Waals surface area contributed by atoms with Crippen LogP contribution >= 0.6 is 0 Å². The van der Waals surface area contributed by atoms with E-state index in [0.717, 1.165) is 24.0 Å². The lowest BCUT2D eigenvalue weighted by Crippen LogP contribution is -3.00. The molecule has 40 heavy (non-hydrogen) atoms.